The topological polar surface area (TPSA) is 170 Å². The summed E-state index contributed by atoms with van der Waals surface area (Å²) in [5.41, 5.74) is 22.1. The molecule has 0 aliphatic heterocycles. The molecule has 540 valence electrons. The Hall–Kier alpha value is -9.40. The summed E-state index contributed by atoms with van der Waals surface area (Å²) in [6.45, 7) is 45.6. The zero-order valence-corrected chi connectivity index (χ0v) is 63.8. The molecule has 8 heterocycles. The summed E-state index contributed by atoms with van der Waals surface area (Å²) in [5.74, 6) is 0. The van der Waals surface area contributed by atoms with Gasteiger partial charge in [-0.05, 0) is 260 Å². The molecule has 4 N–H and O–H groups in total. The number of rotatable bonds is 8. The van der Waals surface area contributed by atoms with E-state index in [1.54, 1.807) is 49.6 Å². The van der Waals surface area contributed by atoms with E-state index in [4.69, 9.17) is 72.7 Å². The number of aromatic nitrogens is 8. The second kappa shape index (κ2) is 31.6. The van der Waals surface area contributed by atoms with Crippen LogP contribution < -0.4 is 0 Å². The molecule has 4 aliphatic carbocycles. The molecule has 0 bridgehead atoms. The van der Waals surface area contributed by atoms with Crippen LogP contribution in [-0.4, -0.2) is 83.0 Å². The van der Waals surface area contributed by atoms with E-state index in [0.29, 0.717) is 42.8 Å². The Morgan fingerprint density at radius 3 is 0.745 bits per heavy atom. The van der Waals surface area contributed by atoms with Crippen LogP contribution in [0.15, 0.2) is 123 Å². The Labute approximate surface area is 638 Å². The van der Waals surface area contributed by atoms with E-state index in [9.17, 15) is 20.4 Å². The molecule has 8 atom stereocenters. The lowest BCUT2D eigenvalue weighted by atomic mass is 9.93. The number of hydrogen-bond acceptors (Lipinski definition) is 8. The van der Waals surface area contributed by atoms with Crippen molar-refractivity contribution in [1.29, 1.82) is 0 Å². The highest BCUT2D eigenvalue weighted by atomic mass is 35.5. The van der Waals surface area contributed by atoms with Gasteiger partial charge in [0.25, 0.3) is 0 Å². The Bertz CT molecular complexity index is 5250. The second-order valence-corrected chi connectivity index (χ2v) is 30.8. The van der Waals surface area contributed by atoms with Crippen LogP contribution in [0.3, 0.4) is 0 Å². The molecule has 4 aromatic carbocycles. The predicted octanol–water partition coefficient (Wildman–Crippen LogP) is 23.2. The molecular weight excluding hydrogens is 1410 g/mol. The molecule has 4 aliphatic rings. The standard InChI is InChI=1S/2C22H22ClN3O.2C21H20ClN3O/c2*1-13-7-21-17(9-20(13)24-3)19(18-11-25-10-14(2)22(18)23)12-26(21)15-5-4-6-16(27)8-15;2*1-12-6-20-16(8-19(12)23-3)18(17-10-24-9-13(2)21(17)22)11-25(20)14-4-5-15(26)7-14/h2*7,9-12,15-16,27H,4-6,8H2,1-2H3;2*6,8-11,14-15,26H,4-5,7H2,1-2H3/t15-,16+;15-,16-;14-,15+;14-,15-/m1111/s1. The Morgan fingerprint density at radius 1 is 0.302 bits per heavy atom. The van der Waals surface area contributed by atoms with E-state index in [0.717, 1.165) is 223 Å². The number of aliphatic hydroxyl groups is 4. The lowest BCUT2D eigenvalue weighted by Crippen LogP contribution is -2.21. The van der Waals surface area contributed by atoms with Crippen LogP contribution >= 0.6 is 46.4 Å². The smallest absolute Gasteiger partial charge is 0.190 e. The minimum Gasteiger partial charge on any atom is -0.393 e. The molecule has 8 aromatic heterocycles. The lowest BCUT2D eigenvalue weighted by molar-refractivity contribution is 0.105. The summed E-state index contributed by atoms with van der Waals surface area (Å²) in [5, 5.41) is 47.1. The maximum absolute atomic E-state index is 10.2. The van der Waals surface area contributed by atoms with Gasteiger partial charge in [-0.2, -0.15) is 0 Å². The van der Waals surface area contributed by atoms with E-state index in [1.807, 2.05) is 79.7 Å². The highest BCUT2D eigenvalue weighted by Gasteiger charge is 2.31. The maximum Gasteiger partial charge on any atom is 0.190 e. The number of halogens is 4. The Kier molecular flexibility index (Phi) is 22.3. The summed E-state index contributed by atoms with van der Waals surface area (Å²) in [6.07, 6.45) is 34.1. The number of fused-ring (bicyclic) bond motifs is 4. The first kappa shape index (κ1) is 74.9. The highest BCUT2D eigenvalue weighted by Crippen LogP contribution is 2.48. The minimum atomic E-state index is -0.252. The highest BCUT2D eigenvalue weighted by molar-refractivity contribution is 6.36. The molecule has 12 aromatic rings. The number of hydrogen-bond donors (Lipinski definition) is 4. The van der Waals surface area contributed by atoms with E-state index in [-0.39, 0.29) is 48.6 Å². The van der Waals surface area contributed by atoms with Crippen LogP contribution in [-0.2, 0) is 0 Å². The predicted molar refractivity (Wildman–Crippen MR) is 428 cm³/mol. The van der Waals surface area contributed by atoms with E-state index in [2.05, 4.69) is 107 Å². The fraction of sp³-hybridized carbons (Fsp3) is 0.349. The quantitative estimate of drug-likeness (QED) is 0.109. The normalized spacial score (nSPS) is 19.9. The second-order valence-electron chi connectivity index (χ2n) is 29.3. The average Bonchev–Trinajstić information content (AvgIpc) is 1.62. The van der Waals surface area contributed by atoms with Crippen molar-refractivity contribution in [2.75, 3.05) is 0 Å². The molecule has 106 heavy (non-hydrogen) atoms. The molecule has 0 amide bonds. The molecule has 0 saturated heterocycles. The van der Waals surface area contributed by atoms with Crippen LogP contribution in [0.2, 0.25) is 20.1 Å². The molecule has 4 fully saturated rings. The van der Waals surface area contributed by atoms with Gasteiger partial charge in [0.1, 0.15) is 0 Å². The SMILES string of the molecule is [C-]#[N+]c1cc2c(-c3cncc(C)c3Cl)cn([C@@H]3CCC[C@@H](O)C3)c2cc1C.[C-]#[N+]c1cc2c(-c3cncc(C)c3Cl)cn([C@@H]3CCC[C@H](O)C3)c2cc1C.[C-]#[N+]c1cc2c(-c3cncc(C)c3Cl)cn([C@@H]3CC[C@@H](O)C3)c2cc1C.[C-]#[N+]c1cc2c(-c3cncc(C)c3Cl)cn([C@@H]3CC[C@H](O)C3)c2cc1C. The monoisotopic (exact) mass is 1490 g/mol. The Balaban J connectivity index is 0.000000125. The van der Waals surface area contributed by atoms with Crippen molar-refractivity contribution in [3.8, 4) is 44.5 Å². The number of nitrogens with zero attached hydrogens (tertiary/aromatic N) is 12. The average molecular weight is 1490 g/mol. The van der Waals surface area contributed by atoms with E-state index in [1.165, 1.54) is 0 Å². The summed E-state index contributed by atoms with van der Waals surface area (Å²) < 4.78 is 9.04. The van der Waals surface area contributed by atoms with Crippen molar-refractivity contribution in [3.63, 3.8) is 0 Å². The van der Waals surface area contributed by atoms with Gasteiger partial charge in [-0.3, -0.25) is 19.9 Å². The minimum absolute atomic E-state index is 0.242. The van der Waals surface area contributed by atoms with Crippen molar-refractivity contribution >= 4 is 113 Å². The third-order valence-corrected chi connectivity index (χ3v) is 24.0. The number of aryl methyl sites for hydroxylation is 8. The molecule has 0 unspecified atom stereocenters. The zero-order chi connectivity index (χ0) is 75.1. The third kappa shape index (κ3) is 14.8. The molecule has 4 saturated carbocycles. The molecule has 16 rings (SSSR count). The summed E-state index contributed by atoms with van der Waals surface area (Å²) in [6, 6.07) is 17.2. The number of aliphatic hydroxyl groups excluding tert-OH is 4. The van der Waals surface area contributed by atoms with E-state index >= 15 is 0 Å². The molecule has 20 heteroatoms. The summed E-state index contributed by atoms with van der Waals surface area (Å²) in [7, 11) is 0. The van der Waals surface area contributed by atoms with Gasteiger partial charge in [0.2, 0.25) is 0 Å². The first-order valence-electron chi connectivity index (χ1n) is 36.2. The largest absolute Gasteiger partial charge is 0.393 e. The van der Waals surface area contributed by atoms with Crippen molar-refractivity contribution in [1.82, 2.24) is 38.2 Å². The van der Waals surface area contributed by atoms with Gasteiger partial charge < -0.3 is 38.7 Å². The number of benzene rings is 4. The number of pyridine rings is 4. The van der Waals surface area contributed by atoms with Crippen molar-refractivity contribution in [2.45, 2.75) is 194 Å². The van der Waals surface area contributed by atoms with Crippen molar-refractivity contribution in [3.05, 3.63) is 233 Å². The molecule has 16 nitrogen and oxygen atoms in total. The first-order valence-corrected chi connectivity index (χ1v) is 37.7. The first-order chi connectivity index (χ1) is 51.0. The Morgan fingerprint density at radius 2 is 0.528 bits per heavy atom. The fourth-order valence-corrected chi connectivity index (χ4v) is 17.0. The fourth-order valence-electron chi connectivity index (χ4n) is 16.2. The van der Waals surface area contributed by atoms with Crippen LogP contribution in [0.1, 0.15) is 159 Å². The van der Waals surface area contributed by atoms with Gasteiger partial charge >= 0.3 is 0 Å². The van der Waals surface area contributed by atoms with E-state index < -0.39 is 0 Å². The van der Waals surface area contributed by atoms with Gasteiger partial charge in [0.05, 0.1) is 70.8 Å². The lowest BCUT2D eigenvalue weighted by Gasteiger charge is -2.28. The molecular formula is C86H84Cl4N12O4. The van der Waals surface area contributed by atoms with Crippen LogP contribution in [0, 0.1) is 81.7 Å². The van der Waals surface area contributed by atoms with Crippen molar-refractivity contribution in [2.24, 2.45) is 0 Å². The summed E-state index contributed by atoms with van der Waals surface area (Å²) in [4.78, 5) is 32.0. The van der Waals surface area contributed by atoms with Gasteiger partial charge in [-0.15, -0.1) is 0 Å². The van der Waals surface area contributed by atoms with Gasteiger partial charge in [0.15, 0.2) is 22.7 Å². The molecule has 0 spiro atoms. The van der Waals surface area contributed by atoms with Crippen LogP contribution in [0.25, 0.3) is 107 Å². The van der Waals surface area contributed by atoms with Gasteiger partial charge in [-0.25, -0.2) is 19.4 Å². The summed E-state index contributed by atoms with van der Waals surface area (Å²) >= 11 is 26.4. The third-order valence-electron chi connectivity index (χ3n) is 22.0. The van der Waals surface area contributed by atoms with Gasteiger partial charge in [0, 0.05) is 165 Å². The maximum atomic E-state index is 10.2. The molecule has 0 radical (unpaired) electrons. The van der Waals surface area contributed by atoms with Gasteiger partial charge in [-0.1, -0.05) is 46.4 Å². The zero-order valence-electron chi connectivity index (χ0n) is 60.7. The van der Waals surface area contributed by atoms with Crippen LogP contribution in [0.4, 0.5) is 22.7 Å². The van der Waals surface area contributed by atoms with Crippen molar-refractivity contribution < 1.29 is 20.4 Å². The van der Waals surface area contributed by atoms with Crippen LogP contribution in [0.5, 0.6) is 0 Å².